The molecule has 94 valence electrons. The van der Waals surface area contributed by atoms with Crippen molar-refractivity contribution in [3.8, 4) is 6.07 Å². The van der Waals surface area contributed by atoms with E-state index in [0.717, 1.165) is 11.3 Å². The Kier molecular flexibility index (Phi) is 3.89. The number of likely N-dealkylation sites (N-methyl/N-ethyl adjacent to an activating group) is 1. The van der Waals surface area contributed by atoms with Crippen molar-refractivity contribution in [2.45, 2.75) is 6.42 Å². The Hall–Kier alpha value is -2.67. The van der Waals surface area contributed by atoms with Crippen molar-refractivity contribution in [3.63, 3.8) is 0 Å². The van der Waals surface area contributed by atoms with Gasteiger partial charge in [0.1, 0.15) is 0 Å². The Balaban J connectivity index is 2.06. The summed E-state index contributed by atoms with van der Waals surface area (Å²) in [4.78, 5) is 17.6. The number of rotatable bonds is 3. The van der Waals surface area contributed by atoms with Gasteiger partial charge in [0.15, 0.2) is 0 Å². The van der Waals surface area contributed by atoms with Crippen LogP contribution in [0.5, 0.6) is 0 Å². The first-order valence-corrected chi connectivity index (χ1v) is 5.86. The summed E-state index contributed by atoms with van der Waals surface area (Å²) >= 11 is 0. The smallest absolute Gasteiger partial charge is 0.231 e. The zero-order valence-electron chi connectivity index (χ0n) is 10.6. The number of anilines is 1. The SMILES string of the molecule is CN(C(=O)Cc1ccc(C#N)cc1)c1ccncc1. The highest BCUT2D eigenvalue weighted by Crippen LogP contribution is 2.12. The molecule has 0 atom stereocenters. The third-order valence-electron chi connectivity index (χ3n) is 2.86. The van der Waals surface area contributed by atoms with Crippen molar-refractivity contribution in [1.82, 2.24) is 4.98 Å². The summed E-state index contributed by atoms with van der Waals surface area (Å²) in [5.41, 5.74) is 2.30. The average molecular weight is 251 g/mol. The lowest BCUT2D eigenvalue weighted by atomic mass is 10.1. The van der Waals surface area contributed by atoms with E-state index in [0.29, 0.717) is 12.0 Å². The molecule has 19 heavy (non-hydrogen) atoms. The van der Waals surface area contributed by atoms with E-state index in [4.69, 9.17) is 5.26 Å². The highest BCUT2D eigenvalue weighted by atomic mass is 16.2. The summed E-state index contributed by atoms with van der Waals surface area (Å²) in [5, 5.41) is 8.72. The molecule has 0 aliphatic rings. The minimum atomic E-state index is -0.00379. The lowest BCUT2D eigenvalue weighted by Crippen LogP contribution is -2.27. The van der Waals surface area contributed by atoms with Crippen molar-refractivity contribution in [2.75, 3.05) is 11.9 Å². The molecule has 0 bridgehead atoms. The standard InChI is InChI=1S/C15H13N3O/c1-18(14-6-8-17-9-7-14)15(19)10-12-2-4-13(11-16)5-3-12/h2-9H,10H2,1H3. The summed E-state index contributed by atoms with van der Waals surface area (Å²) < 4.78 is 0. The number of pyridine rings is 1. The minimum absolute atomic E-state index is 0.00379. The number of hydrogen-bond acceptors (Lipinski definition) is 3. The molecule has 0 aliphatic heterocycles. The Morgan fingerprint density at radius 2 is 1.84 bits per heavy atom. The highest BCUT2D eigenvalue weighted by Gasteiger charge is 2.11. The van der Waals surface area contributed by atoms with Gasteiger partial charge in [0.05, 0.1) is 18.1 Å². The van der Waals surface area contributed by atoms with E-state index in [2.05, 4.69) is 11.1 Å². The molecule has 0 spiro atoms. The largest absolute Gasteiger partial charge is 0.315 e. The summed E-state index contributed by atoms with van der Waals surface area (Å²) in [6, 6.07) is 12.7. The number of amides is 1. The summed E-state index contributed by atoms with van der Waals surface area (Å²) in [7, 11) is 1.74. The van der Waals surface area contributed by atoms with Crippen LogP contribution in [-0.2, 0) is 11.2 Å². The molecule has 0 saturated carbocycles. The number of hydrogen-bond donors (Lipinski definition) is 0. The first-order valence-electron chi connectivity index (χ1n) is 5.86. The predicted molar refractivity (Wildman–Crippen MR) is 72.5 cm³/mol. The van der Waals surface area contributed by atoms with E-state index < -0.39 is 0 Å². The predicted octanol–water partition coefficient (Wildman–Crippen LogP) is 2.16. The lowest BCUT2D eigenvalue weighted by Gasteiger charge is -2.17. The van der Waals surface area contributed by atoms with Gasteiger partial charge >= 0.3 is 0 Å². The van der Waals surface area contributed by atoms with E-state index >= 15 is 0 Å². The average Bonchev–Trinajstić information content (AvgIpc) is 2.48. The van der Waals surface area contributed by atoms with Gasteiger partial charge < -0.3 is 4.90 Å². The number of nitrogens with zero attached hydrogens (tertiary/aromatic N) is 3. The third kappa shape index (κ3) is 3.17. The topological polar surface area (TPSA) is 57.0 Å². The van der Waals surface area contributed by atoms with E-state index in [1.54, 1.807) is 60.7 Å². The highest BCUT2D eigenvalue weighted by molar-refractivity contribution is 5.94. The Morgan fingerprint density at radius 1 is 1.21 bits per heavy atom. The molecular formula is C15H13N3O. The lowest BCUT2D eigenvalue weighted by molar-refractivity contribution is -0.117. The van der Waals surface area contributed by atoms with Crippen molar-refractivity contribution < 1.29 is 4.79 Å². The zero-order chi connectivity index (χ0) is 13.7. The number of carbonyl (C=O) groups excluding carboxylic acids is 1. The van der Waals surface area contributed by atoms with Crippen LogP contribution in [0.1, 0.15) is 11.1 Å². The van der Waals surface area contributed by atoms with Crippen molar-refractivity contribution >= 4 is 11.6 Å². The van der Waals surface area contributed by atoms with Crippen LogP contribution in [0.4, 0.5) is 5.69 Å². The fourth-order valence-corrected chi connectivity index (χ4v) is 1.70. The number of aromatic nitrogens is 1. The zero-order valence-corrected chi connectivity index (χ0v) is 10.6. The van der Waals surface area contributed by atoms with E-state index in [-0.39, 0.29) is 5.91 Å². The molecule has 0 aliphatic carbocycles. The van der Waals surface area contributed by atoms with Crippen LogP contribution < -0.4 is 4.90 Å². The van der Waals surface area contributed by atoms with E-state index in [1.807, 2.05) is 0 Å². The molecule has 2 aromatic rings. The number of carbonyl (C=O) groups is 1. The Morgan fingerprint density at radius 3 is 2.42 bits per heavy atom. The van der Waals surface area contributed by atoms with Gasteiger partial charge in [-0.05, 0) is 29.8 Å². The maximum atomic E-state index is 12.1. The molecule has 2 rings (SSSR count). The maximum Gasteiger partial charge on any atom is 0.231 e. The van der Waals surface area contributed by atoms with Crippen LogP contribution in [0.25, 0.3) is 0 Å². The summed E-state index contributed by atoms with van der Waals surface area (Å²) in [6.07, 6.45) is 3.62. The second kappa shape index (κ2) is 5.78. The van der Waals surface area contributed by atoms with Gasteiger partial charge in [0, 0.05) is 25.1 Å². The number of nitriles is 1. The normalized spacial score (nSPS) is 9.68. The van der Waals surface area contributed by atoms with Gasteiger partial charge in [-0.15, -0.1) is 0 Å². The van der Waals surface area contributed by atoms with Crippen LogP contribution >= 0.6 is 0 Å². The number of benzene rings is 1. The molecule has 0 saturated heterocycles. The van der Waals surface area contributed by atoms with Crippen molar-refractivity contribution in [3.05, 3.63) is 59.9 Å². The van der Waals surface area contributed by atoms with Gasteiger partial charge in [0.2, 0.25) is 5.91 Å². The molecule has 4 nitrogen and oxygen atoms in total. The van der Waals surface area contributed by atoms with Crippen LogP contribution in [0.15, 0.2) is 48.8 Å². The molecule has 4 heteroatoms. The van der Waals surface area contributed by atoms with Crippen molar-refractivity contribution in [2.24, 2.45) is 0 Å². The van der Waals surface area contributed by atoms with Crippen LogP contribution in [0.3, 0.4) is 0 Å². The van der Waals surface area contributed by atoms with Crippen LogP contribution in [0.2, 0.25) is 0 Å². The first-order chi connectivity index (χ1) is 9.20. The molecule has 0 N–H and O–H groups in total. The van der Waals surface area contributed by atoms with Gasteiger partial charge in [-0.2, -0.15) is 5.26 Å². The minimum Gasteiger partial charge on any atom is -0.315 e. The molecule has 0 fully saturated rings. The molecule has 1 amide bonds. The van der Waals surface area contributed by atoms with Crippen LogP contribution in [-0.4, -0.2) is 17.9 Å². The third-order valence-corrected chi connectivity index (χ3v) is 2.86. The van der Waals surface area contributed by atoms with Crippen LogP contribution in [0, 0.1) is 11.3 Å². The fraction of sp³-hybridized carbons (Fsp3) is 0.133. The second-order valence-electron chi connectivity index (χ2n) is 4.14. The van der Waals surface area contributed by atoms with E-state index in [1.165, 1.54) is 0 Å². The molecule has 1 aromatic carbocycles. The van der Waals surface area contributed by atoms with Crippen molar-refractivity contribution in [1.29, 1.82) is 5.26 Å². The summed E-state index contributed by atoms with van der Waals surface area (Å²) in [6.45, 7) is 0. The summed E-state index contributed by atoms with van der Waals surface area (Å²) in [5.74, 6) is -0.00379. The van der Waals surface area contributed by atoms with Gasteiger partial charge in [-0.1, -0.05) is 12.1 Å². The van der Waals surface area contributed by atoms with Gasteiger partial charge in [0.25, 0.3) is 0 Å². The van der Waals surface area contributed by atoms with Gasteiger partial charge in [-0.3, -0.25) is 9.78 Å². The van der Waals surface area contributed by atoms with Gasteiger partial charge in [-0.25, -0.2) is 0 Å². The quantitative estimate of drug-likeness (QED) is 0.840. The molecular weight excluding hydrogens is 238 g/mol. The Bertz CT molecular complexity index is 600. The Labute approximate surface area is 111 Å². The maximum absolute atomic E-state index is 12.1. The molecule has 0 unspecified atom stereocenters. The molecule has 1 heterocycles. The van der Waals surface area contributed by atoms with E-state index in [9.17, 15) is 4.79 Å². The fourth-order valence-electron chi connectivity index (χ4n) is 1.70. The first kappa shape index (κ1) is 12.8. The second-order valence-corrected chi connectivity index (χ2v) is 4.14. The monoisotopic (exact) mass is 251 g/mol. The molecule has 0 radical (unpaired) electrons. The molecule has 1 aromatic heterocycles.